The van der Waals surface area contributed by atoms with Crippen molar-refractivity contribution in [2.24, 2.45) is 0 Å². The first kappa shape index (κ1) is 9.28. The minimum Gasteiger partial charge on any atom is -0.285 e. The van der Waals surface area contributed by atoms with E-state index in [2.05, 4.69) is 0 Å². The van der Waals surface area contributed by atoms with Crippen LogP contribution in [0, 0.1) is 6.92 Å². The third kappa shape index (κ3) is 1.23. The molecule has 0 N–H and O–H groups in total. The molecule has 0 radical (unpaired) electrons. The van der Waals surface area contributed by atoms with E-state index in [4.69, 9.17) is 11.6 Å². The molecule has 0 aliphatic carbocycles. The van der Waals surface area contributed by atoms with Crippen molar-refractivity contribution in [2.75, 3.05) is 0 Å². The number of fused-ring (bicyclic) bond motifs is 1. The van der Waals surface area contributed by atoms with Crippen LogP contribution in [0.1, 0.15) is 17.4 Å². The van der Waals surface area contributed by atoms with Crippen molar-refractivity contribution in [3.8, 4) is 0 Å². The van der Waals surface area contributed by atoms with Gasteiger partial charge in [-0.25, -0.2) is 0 Å². The van der Waals surface area contributed by atoms with Gasteiger partial charge in [-0.15, -0.1) is 0 Å². The van der Waals surface area contributed by atoms with Crippen molar-refractivity contribution >= 4 is 28.4 Å². The zero-order valence-electron chi connectivity index (χ0n) is 8.04. The van der Waals surface area contributed by atoms with Gasteiger partial charge in [0.2, 0.25) is 5.91 Å². The van der Waals surface area contributed by atoms with Gasteiger partial charge in [-0.2, -0.15) is 0 Å². The second-order valence-electron chi connectivity index (χ2n) is 3.31. The fourth-order valence-electron chi connectivity index (χ4n) is 1.74. The lowest BCUT2D eigenvalue weighted by atomic mass is 10.2. The molecule has 0 atom stereocenters. The molecule has 0 unspecified atom stereocenters. The highest BCUT2D eigenvalue weighted by Gasteiger charge is 2.10. The second-order valence-corrected chi connectivity index (χ2v) is 3.72. The summed E-state index contributed by atoms with van der Waals surface area (Å²) >= 11 is 6.02. The molecule has 2 nitrogen and oxygen atoms in total. The summed E-state index contributed by atoms with van der Waals surface area (Å²) in [6, 6.07) is 7.51. The number of nitrogens with zero attached hydrogens (tertiary/aromatic N) is 1. The van der Waals surface area contributed by atoms with Crippen molar-refractivity contribution in [3.63, 3.8) is 0 Å². The number of halogens is 1. The predicted molar refractivity (Wildman–Crippen MR) is 58.0 cm³/mol. The van der Waals surface area contributed by atoms with E-state index in [0.29, 0.717) is 5.02 Å². The Bertz CT molecular complexity index is 513. The highest BCUT2D eigenvalue weighted by Crippen LogP contribution is 2.26. The lowest BCUT2D eigenvalue weighted by Crippen LogP contribution is -2.06. The molecule has 0 aliphatic rings. The van der Waals surface area contributed by atoms with Crippen LogP contribution in [0.2, 0.25) is 5.02 Å². The minimum atomic E-state index is 0.0137. The van der Waals surface area contributed by atoms with E-state index >= 15 is 0 Å². The van der Waals surface area contributed by atoms with E-state index in [-0.39, 0.29) is 5.91 Å². The van der Waals surface area contributed by atoms with Crippen LogP contribution in [0.3, 0.4) is 0 Å². The van der Waals surface area contributed by atoms with Crippen LogP contribution >= 0.6 is 11.6 Å². The molecule has 0 saturated heterocycles. The second kappa shape index (κ2) is 3.14. The molecule has 2 aromatic rings. The number of carbonyl (C=O) groups is 1. The first-order chi connectivity index (χ1) is 6.61. The van der Waals surface area contributed by atoms with Gasteiger partial charge in [0.05, 0.1) is 5.52 Å². The number of carbonyl (C=O) groups excluding carboxylic acids is 1. The maximum Gasteiger partial charge on any atom is 0.228 e. The van der Waals surface area contributed by atoms with Gasteiger partial charge in [0.25, 0.3) is 0 Å². The summed E-state index contributed by atoms with van der Waals surface area (Å²) in [7, 11) is 0. The van der Waals surface area contributed by atoms with Crippen LogP contribution in [-0.4, -0.2) is 10.5 Å². The molecule has 1 aromatic carbocycles. The Labute approximate surface area is 87.1 Å². The molecule has 14 heavy (non-hydrogen) atoms. The lowest BCUT2D eigenvalue weighted by molar-refractivity contribution is 0.0940. The van der Waals surface area contributed by atoms with Crippen LogP contribution < -0.4 is 0 Å². The third-order valence-electron chi connectivity index (χ3n) is 2.29. The molecule has 2 rings (SSSR count). The van der Waals surface area contributed by atoms with Crippen molar-refractivity contribution < 1.29 is 4.79 Å². The van der Waals surface area contributed by atoms with Crippen LogP contribution in [0.5, 0.6) is 0 Å². The molecular formula is C11H10ClNO. The summed E-state index contributed by atoms with van der Waals surface area (Å²) in [5, 5.41) is 1.62. The van der Waals surface area contributed by atoms with Crippen molar-refractivity contribution in [3.05, 3.63) is 35.0 Å². The summed E-state index contributed by atoms with van der Waals surface area (Å²) < 4.78 is 1.67. The zero-order chi connectivity index (χ0) is 10.3. The Morgan fingerprint density at radius 2 is 2.14 bits per heavy atom. The van der Waals surface area contributed by atoms with Crippen LogP contribution in [-0.2, 0) is 0 Å². The average molecular weight is 208 g/mol. The standard InChI is InChI=1S/C11H10ClNO/c1-7-6-9-10(12)4-3-5-11(9)13(7)8(2)14/h3-6H,1-2H3. The summed E-state index contributed by atoms with van der Waals surface area (Å²) in [6.07, 6.45) is 0. The minimum absolute atomic E-state index is 0.0137. The number of hydrogen-bond donors (Lipinski definition) is 0. The van der Waals surface area contributed by atoms with Crippen LogP contribution in [0.4, 0.5) is 0 Å². The SMILES string of the molecule is CC(=O)n1c(C)cc2c(Cl)cccc21. The van der Waals surface area contributed by atoms with Gasteiger partial charge in [0.15, 0.2) is 0 Å². The van der Waals surface area contributed by atoms with Gasteiger partial charge < -0.3 is 0 Å². The number of aryl methyl sites for hydroxylation is 1. The summed E-state index contributed by atoms with van der Waals surface area (Å²) in [4.78, 5) is 11.4. The Morgan fingerprint density at radius 3 is 2.79 bits per heavy atom. The third-order valence-corrected chi connectivity index (χ3v) is 2.62. The molecule has 0 bridgehead atoms. The maximum atomic E-state index is 11.4. The van der Waals surface area contributed by atoms with Gasteiger partial charge in [0.1, 0.15) is 0 Å². The Kier molecular flexibility index (Phi) is 2.08. The normalized spacial score (nSPS) is 10.8. The highest BCUT2D eigenvalue weighted by molar-refractivity contribution is 6.35. The monoisotopic (exact) mass is 207 g/mol. The molecule has 0 aliphatic heterocycles. The molecule has 3 heteroatoms. The van der Waals surface area contributed by atoms with Gasteiger partial charge >= 0.3 is 0 Å². The van der Waals surface area contributed by atoms with E-state index < -0.39 is 0 Å². The zero-order valence-corrected chi connectivity index (χ0v) is 8.80. The smallest absolute Gasteiger partial charge is 0.228 e. The Balaban J connectivity index is 2.90. The molecule has 0 amide bonds. The van der Waals surface area contributed by atoms with Gasteiger partial charge in [-0.3, -0.25) is 9.36 Å². The average Bonchev–Trinajstić information content (AvgIpc) is 2.42. The number of benzene rings is 1. The molecule has 0 saturated carbocycles. The van der Waals surface area contributed by atoms with E-state index in [0.717, 1.165) is 16.6 Å². The number of rotatable bonds is 0. The first-order valence-corrected chi connectivity index (χ1v) is 4.76. The lowest BCUT2D eigenvalue weighted by Gasteiger charge is -2.01. The van der Waals surface area contributed by atoms with Crippen molar-refractivity contribution in [1.82, 2.24) is 4.57 Å². The molecule has 0 fully saturated rings. The topological polar surface area (TPSA) is 22.0 Å². The van der Waals surface area contributed by atoms with Crippen LogP contribution in [0.25, 0.3) is 10.9 Å². The van der Waals surface area contributed by atoms with E-state index in [1.54, 1.807) is 11.5 Å². The summed E-state index contributed by atoms with van der Waals surface area (Å²) in [6.45, 7) is 3.45. The van der Waals surface area contributed by atoms with Crippen molar-refractivity contribution in [2.45, 2.75) is 13.8 Å². The van der Waals surface area contributed by atoms with Crippen LogP contribution in [0.15, 0.2) is 24.3 Å². The van der Waals surface area contributed by atoms with Gasteiger partial charge in [0, 0.05) is 23.0 Å². The number of aromatic nitrogens is 1. The van der Waals surface area contributed by atoms with Gasteiger partial charge in [-0.05, 0) is 25.1 Å². The quantitative estimate of drug-likeness (QED) is 0.650. The van der Waals surface area contributed by atoms with Gasteiger partial charge in [-0.1, -0.05) is 17.7 Å². The Hall–Kier alpha value is -1.28. The molecule has 1 heterocycles. The summed E-state index contributed by atoms with van der Waals surface area (Å²) in [5.41, 5.74) is 1.79. The van der Waals surface area contributed by atoms with E-state index in [1.165, 1.54) is 0 Å². The fraction of sp³-hybridized carbons (Fsp3) is 0.182. The predicted octanol–water partition coefficient (Wildman–Crippen LogP) is 3.26. The summed E-state index contributed by atoms with van der Waals surface area (Å²) in [5.74, 6) is 0.0137. The first-order valence-electron chi connectivity index (χ1n) is 4.39. The molecule has 72 valence electrons. The Morgan fingerprint density at radius 1 is 1.43 bits per heavy atom. The number of hydrogen-bond acceptors (Lipinski definition) is 1. The molecular weight excluding hydrogens is 198 g/mol. The fourth-order valence-corrected chi connectivity index (χ4v) is 1.97. The largest absolute Gasteiger partial charge is 0.285 e. The highest BCUT2D eigenvalue weighted by atomic mass is 35.5. The molecule has 0 spiro atoms. The molecule has 1 aromatic heterocycles. The van der Waals surface area contributed by atoms with E-state index in [9.17, 15) is 4.79 Å². The van der Waals surface area contributed by atoms with E-state index in [1.807, 2.05) is 31.2 Å². The van der Waals surface area contributed by atoms with Crippen molar-refractivity contribution in [1.29, 1.82) is 0 Å². The maximum absolute atomic E-state index is 11.4.